The van der Waals surface area contributed by atoms with Gasteiger partial charge in [0.15, 0.2) is 5.16 Å². The Hall–Kier alpha value is -2.16. The van der Waals surface area contributed by atoms with Crippen LogP contribution in [0.25, 0.3) is 10.2 Å². The summed E-state index contributed by atoms with van der Waals surface area (Å²) in [5.74, 6) is 0.0677. The molecule has 1 N–H and O–H groups in total. The first kappa shape index (κ1) is 23.0. The minimum atomic E-state index is -0.117. The van der Waals surface area contributed by atoms with Crippen molar-refractivity contribution >= 4 is 44.9 Å². The molecule has 0 radical (unpaired) electrons. The number of ether oxygens (including phenoxy) is 1. The lowest BCUT2D eigenvalue weighted by atomic mass is 10.1. The molecule has 8 heteroatoms. The number of nitrogens with one attached hydrogen (secondary N) is 1. The van der Waals surface area contributed by atoms with Crippen LogP contribution in [0.4, 0.5) is 5.69 Å². The molecule has 32 heavy (non-hydrogen) atoms. The number of anilines is 1. The normalized spacial score (nSPS) is 16.0. The zero-order valence-corrected chi connectivity index (χ0v) is 20.4. The molecule has 1 fully saturated rings. The number of carbonyl (C=O) groups excluding carboxylic acids is 1. The van der Waals surface area contributed by atoms with Crippen molar-refractivity contribution in [3.63, 3.8) is 0 Å². The van der Waals surface area contributed by atoms with Gasteiger partial charge in [0.1, 0.15) is 4.83 Å². The number of fused-ring (bicyclic) bond motifs is 1. The predicted molar refractivity (Wildman–Crippen MR) is 132 cm³/mol. The van der Waals surface area contributed by atoms with Crippen molar-refractivity contribution in [1.29, 1.82) is 0 Å². The van der Waals surface area contributed by atoms with Crippen LogP contribution in [0.15, 0.2) is 34.2 Å². The molecule has 0 spiro atoms. The third-order valence-corrected chi connectivity index (χ3v) is 7.84. The van der Waals surface area contributed by atoms with E-state index in [1.807, 2.05) is 31.2 Å². The molecule has 3 heterocycles. The maximum Gasteiger partial charge on any atom is 0.263 e. The van der Waals surface area contributed by atoms with Crippen LogP contribution in [0.1, 0.15) is 42.7 Å². The summed E-state index contributed by atoms with van der Waals surface area (Å²) in [5, 5.41) is 4.24. The highest BCUT2D eigenvalue weighted by Crippen LogP contribution is 2.30. The second kappa shape index (κ2) is 10.2. The van der Waals surface area contributed by atoms with Gasteiger partial charge in [0, 0.05) is 17.2 Å². The van der Waals surface area contributed by atoms with Crippen LogP contribution in [-0.4, -0.2) is 33.9 Å². The van der Waals surface area contributed by atoms with E-state index in [4.69, 9.17) is 9.72 Å². The zero-order valence-electron chi connectivity index (χ0n) is 18.8. The summed E-state index contributed by atoms with van der Waals surface area (Å²) in [6, 6.07) is 7.86. The van der Waals surface area contributed by atoms with Crippen molar-refractivity contribution < 1.29 is 9.53 Å². The van der Waals surface area contributed by atoms with Crippen LogP contribution in [0.3, 0.4) is 0 Å². The Kier molecular flexibility index (Phi) is 7.33. The van der Waals surface area contributed by atoms with Gasteiger partial charge in [-0.2, -0.15) is 0 Å². The smallest absolute Gasteiger partial charge is 0.263 e. The third-order valence-electron chi connectivity index (χ3n) is 5.82. The van der Waals surface area contributed by atoms with Crippen molar-refractivity contribution in [1.82, 2.24) is 9.55 Å². The average Bonchev–Trinajstić information content (AvgIpc) is 3.42. The summed E-state index contributed by atoms with van der Waals surface area (Å²) in [6.45, 7) is 7.41. The van der Waals surface area contributed by atoms with Gasteiger partial charge in [0.2, 0.25) is 5.91 Å². The summed E-state index contributed by atoms with van der Waals surface area (Å²) in [7, 11) is 0. The van der Waals surface area contributed by atoms with Crippen molar-refractivity contribution in [2.24, 2.45) is 0 Å². The van der Waals surface area contributed by atoms with E-state index in [0.29, 0.717) is 11.7 Å². The van der Waals surface area contributed by atoms with E-state index in [1.54, 1.807) is 15.9 Å². The van der Waals surface area contributed by atoms with Crippen LogP contribution >= 0.6 is 23.1 Å². The zero-order chi connectivity index (χ0) is 22.7. The standard InChI is InChI=1S/C24H29N3O3S2/c1-4-16-8-10-17(11-9-16)25-20(28)14-31-24-26-22-21(19(5-2)15(3)32-22)23(29)27(24)13-18-7-6-12-30-18/h8-11,18H,4-7,12-14H2,1-3H3,(H,25,28). The third kappa shape index (κ3) is 4.92. The topological polar surface area (TPSA) is 73.2 Å². The second-order valence-electron chi connectivity index (χ2n) is 8.00. The highest BCUT2D eigenvalue weighted by atomic mass is 32.2. The largest absolute Gasteiger partial charge is 0.376 e. The molecule has 6 nitrogen and oxygen atoms in total. The number of aromatic nitrogens is 2. The number of nitrogens with zero attached hydrogens (tertiary/aromatic N) is 2. The lowest BCUT2D eigenvalue weighted by Gasteiger charge is -2.16. The van der Waals surface area contributed by atoms with E-state index in [-0.39, 0.29) is 23.3 Å². The van der Waals surface area contributed by atoms with Crippen LogP contribution < -0.4 is 10.9 Å². The highest BCUT2D eigenvalue weighted by Gasteiger charge is 2.23. The molecule has 3 aromatic rings. The molecule has 1 atom stereocenters. The molecule has 1 amide bonds. The Morgan fingerprint density at radius 3 is 2.72 bits per heavy atom. The van der Waals surface area contributed by atoms with Crippen LogP contribution in [0.2, 0.25) is 0 Å². The molecule has 170 valence electrons. The minimum Gasteiger partial charge on any atom is -0.376 e. The van der Waals surface area contributed by atoms with Gasteiger partial charge < -0.3 is 10.1 Å². The number of carbonyl (C=O) groups is 1. The van der Waals surface area contributed by atoms with E-state index in [2.05, 4.69) is 19.2 Å². The number of amides is 1. The van der Waals surface area contributed by atoms with E-state index < -0.39 is 0 Å². The molecular formula is C24H29N3O3S2. The van der Waals surface area contributed by atoms with E-state index in [1.165, 1.54) is 17.3 Å². The van der Waals surface area contributed by atoms with Crippen molar-refractivity contribution in [2.75, 3.05) is 17.7 Å². The fraction of sp³-hybridized carbons (Fsp3) is 0.458. The lowest BCUT2D eigenvalue weighted by molar-refractivity contribution is -0.113. The van der Waals surface area contributed by atoms with Gasteiger partial charge in [-0.3, -0.25) is 14.2 Å². The summed E-state index contributed by atoms with van der Waals surface area (Å²) in [4.78, 5) is 32.8. The number of hydrogen-bond acceptors (Lipinski definition) is 6. The average molecular weight is 472 g/mol. The molecule has 1 aromatic carbocycles. The Labute approximate surface area is 196 Å². The fourth-order valence-corrected chi connectivity index (χ4v) is 6.03. The molecular weight excluding hydrogens is 442 g/mol. The van der Waals surface area contributed by atoms with Crippen molar-refractivity contribution in [2.45, 2.75) is 64.3 Å². The second-order valence-corrected chi connectivity index (χ2v) is 10.1. The van der Waals surface area contributed by atoms with Crippen LogP contribution in [-0.2, 0) is 28.9 Å². The Bertz CT molecular complexity index is 1160. The number of rotatable bonds is 8. The minimum absolute atomic E-state index is 0.0158. The number of thiophene rings is 1. The van der Waals surface area contributed by atoms with Gasteiger partial charge >= 0.3 is 0 Å². The molecule has 4 rings (SSSR count). The van der Waals surface area contributed by atoms with Crippen LogP contribution in [0, 0.1) is 6.92 Å². The first-order chi connectivity index (χ1) is 15.5. The van der Waals surface area contributed by atoms with Gasteiger partial charge in [0.05, 0.1) is 23.8 Å². The Morgan fingerprint density at radius 2 is 2.06 bits per heavy atom. The predicted octanol–water partition coefficient (Wildman–Crippen LogP) is 4.80. The number of benzene rings is 1. The SMILES string of the molecule is CCc1ccc(NC(=O)CSc2nc3sc(C)c(CC)c3c(=O)n2CC2CCCO2)cc1. The molecule has 1 saturated heterocycles. The van der Waals surface area contributed by atoms with E-state index in [0.717, 1.165) is 58.6 Å². The quantitative estimate of drug-likeness (QED) is 0.377. The monoisotopic (exact) mass is 471 g/mol. The van der Waals surface area contributed by atoms with Gasteiger partial charge in [-0.15, -0.1) is 11.3 Å². The maximum atomic E-state index is 13.5. The number of thioether (sulfide) groups is 1. The van der Waals surface area contributed by atoms with Gasteiger partial charge in [-0.25, -0.2) is 4.98 Å². The summed E-state index contributed by atoms with van der Waals surface area (Å²) >= 11 is 2.86. The summed E-state index contributed by atoms with van der Waals surface area (Å²) in [5.41, 5.74) is 3.05. The van der Waals surface area contributed by atoms with E-state index >= 15 is 0 Å². The summed E-state index contributed by atoms with van der Waals surface area (Å²) in [6.07, 6.45) is 3.72. The molecule has 0 saturated carbocycles. The number of hydrogen-bond donors (Lipinski definition) is 1. The molecule has 0 aliphatic carbocycles. The maximum absolute atomic E-state index is 13.5. The molecule has 2 aromatic heterocycles. The molecule has 1 aliphatic rings. The van der Waals surface area contributed by atoms with Gasteiger partial charge in [0.25, 0.3) is 5.56 Å². The highest BCUT2D eigenvalue weighted by molar-refractivity contribution is 7.99. The lowest BCUT2D eigenvalue weighted by Crippen LogP contribution is -2.29. The van der Waals surface area contributed by atoms with Gasteiger partial charge in [-0.1, -0.05) is 37.7 Å². The molecule has 1 unspecified atom stereocenters. The number of aryl methyl sites for hydroxylation is 3. The first-order valence-corrected chi connectivity index (χ1v) is 13.0. The molecule has 0 bridgehead atoms. The fourth-order valence-electron chi connectivity index (χ4n) is 4.07. The molecule has 1 aliphatic heterocycles. The Balaban J connectivity index is 1.58. The Morgan fingerprint density at radius 1 is 1.28 bits per heavy atom. The van der Waals surface area contributed by atoms with E-state index in [9.17, 15) is 9.59 Å². The van der Waals surface area contributed by atoms with Gasteiger partial charge in [-0.05, 0) is 55.9 Å². The summed E-state index contributed by atoms with van der Waals surface area (Å²) < 4.78 is 7.51. The van der Waals surface area contributed by atoms with Crippen molar-refractivity contribution in [3.05, 3.63) is 50.6 Å². The van der Waals surface area contributed by atoms with Crippen molar-refractivity contribution in [3.8, 4) is 0 Å². The van der Waals surface area contributed by atoms with Crippen LogP contribution in [0.5, 0.6) is 0 Å². The first-order valence-electron chi connectivity index (χ1n) is 11.2.